The Kier molecular flexibility index (Phi) is 9.68. The lowest BCUT2D eigenvalue weighted by Gasteiger charge is -2.29. The summed E-state index contributed by atoms with van der Waals surface area (Å²) in [4.78, 5) is 45.3. The van der Waals surface area contributed by atoms with Crippen molar-refractivity contribution in [3.8, 4) is 5.75 Å². The van der Waals surface area contributed by atoms with E-state index >= 15 is 0 Å². The van der Waals surface area contributed by atoms with E-state index in [1.807, 2.05) is 73.0 Å². The number of amides is 3. The zero-order chi connectivity index (χ0) is 28.7. The van der Waals surface area contributed by atoms with Crippen molar-refractivity contribution in [2.45, 2.75) is 40.0 Å². The van der Waals surface area contributed by atoms with E-state index in [9.17, 15) is 14.4 Å². The molecule has 0 aliphatic carbocycles. The van der Waals surface area contributed by atoms with E-state index in [-0.39, 0.29) is 23.1 Å². The van der Waals surface area contributed by atoms with Crippen molar-refractivity contribution in [3.63, 3.8) is 0 Å². The van der Waals surface area contributed by atoms with Crippen LogP contribution in [-0.2, 0) is 16.0 Å². The average molecular weight is 550 g/mol. The Morgan fingerprint density at radius 2 is 1.62 bits per heavy atom. The average Bonchev–Trinajstić information content (AvgIpc) is 3.19. The van der Waals surface area contributed by atoms with Crippen LogP contribution in [0.1, 0.15) is 49.5 Å². The molecule has 2 aliphatic rings. The number of carbonyl (C=O) groups excluding carboxylic acids is 3. The maximum atomic E-state index is 13.2. The first kappa shape index (κ1) is 29.4. The van der Waals surface area contributed by atoms with E-state index < -0.39 is 0 Å². The molecule has 2 aromatic carbocycles. The fourth-order valence-corrected chi connectivity index (χ4v) is 5.21. The third kappa shape index (κ3) is 7.97. The van der Waals surface area contributed by atoms with Gasteiger partial charge in [0.05, 0.1) is 24.9 Å². The van der Waals surface area contributed by atoms with Gasteiger partial charge in [0.2, 0.25) is 11.8 Å². The fraction of sp³-hybridized carbons (Fsp3) is 0.516. The maximum absolute atomic E-state index is 13.2. The molecule has 0 unspecified atom stereocenters. The predicted octanol–water partition coefficient (Wildman–Crippen LogP) is 3.40. The van der Waals surface area contributed by atoms with E-state index in [0.29, 0.717) is 56.8 Å². The number of carbonyl (C=O) groups is 3. The molecule has 0 aromatic heterocycles. The number of benzene rings is 2. The fourth-order valence-electron chi connectivity index (χ4n) is 5.21. The van der Waals surface area contributed by atoms with E-state index in [1.165, 1.54) is 0 Å². The molecule has 9 heteroatoms. The van der Waals surface area contributed by atoms with Crippen molar-refractivity contribution in [1.29, 1.82) is 0 Å². The normalized spacial score (nSPS) is 16.4. The second-order valence-electron chi connectivity index (χ2n) is 11.8. The number of ether oxygens (including phenoxy) is 1. The minimum atomic E-state index is -0.161. The Labute approximate surface area is 237 Å². The monoisotopic (exact) mass is 549 g/mol. The van der Waals surface area contributed by atoms with E-state index in [0.717, 1.165) is 43.1 Å². The first-order valence-electron chi connectivity index (χ1n) is 14.2. The highest BCUT2D eigenvalue weighted by Crippen LogP contribution is 2.30. The van der Waals surface area contributed by atoms with Gasteiger partial charge in [-0.05, 0) is 47.7 Å². The number of hydrogen-bond acceptors (Lipinski definition) is 6. The Bertz CT molecular complexity index is 1190. The number of rotatable bonds is 7. The highest BCUT2D eigenvalue weighted by Gasteiger charge is 2.25. The van der Waals surface area contributed by atoms with Gasteiger partial charge in [-0.15, -0.1) is 0 Å². The molecule has 3 amide bonds. The van der Waals surface area contributed by atoms with Crippen molar-refractivity contribution in [3.05, 3.63) is 53.6 Å². The van der Waals surface area contributed by atoms with Crippen LogP contribution in [0.2, 0.25) is 0 Å². The number of methoxy groups -OCH3 is 1. The lowest BCUT2D eigenvalue weighted by molar-refractivity contribution is -0.130. The van der Waals surface area contributed by atoms with Crippen LogP contribution in [0.3, 0.4) is 0 Å². The topological polar surface area (TPSA) is 94.2 Å². The molecule has 2 aromatic rings. The van der Waals surface area contributed by atoms with Crippen molar-refractivity contribution in [2.75, 3.05) is 69.7 Å². The summed E-state index contributed by atoms with van der Waals surface area (Å²) in [5.74, 6) is 0.771. The largest absolute Gasteiger partial charge is 0.497 e. The van der Waals surface area contributed by atoms with E-state index in [2.05, 4.69) is 15.5 Å². The predicted molar refractivity (Wildman–Crippen MR) is 158 cm³/mol. The summed E-state index contributed by atoms with van der Waals surface area (Å²) in [6.07, 6.45) is 1.53. The molecule has 2 N–H and O–H groups in total. The first-order valence-corrected chi connectivity index (χ1v) is 14.2. The Hall–Kier alpha value is -3.59. The Morgan fingerprint density at radius 1 is 0.900 bits per heavy atom. The van der Waals surface area contributed by atoms with Gasteiger partial charge in [0.1, 0.15) is 5.75 Å². The SMILES string of the molecule is COc1ccc(CC(=O)N2CCCN(c3ccc(C(=O)N4CCNCC4)cc3NC(=O)CC(C)(C)C)CC2)cc1. The van der Waals surface area contributed by atoms with Crippen molar-refractivity contribution in [2.24, 2.45) is 5.41 Å². The molecular formula is C31H43N5O4. The van der Waals surface area contributed by atoms with Crippen molar-refractivity contribution < 1.29 is 19.1 Å². The summed E-state index contributed by atoms with van der Waals surface area (Å²) in [5, 5.41) is 6.38. The molecule has 9 nitrogen and oxygen atoms in total. The molecule has 216 valence electrons. The van der Waals surface area contributed by atoms with Crippen LogP contribution < -0.4 is 20.3 Å². The number of anilines is 2. The van der Waals surface area contributed by atoms with Gasteiger partial charge in [0.15, 0.2) is 0 Å². The van der Waals surface area contributed by atoms with Crippen LogP contribution in [0.5, 0.6) is 5.75 Å². The Balaban J connectivity index is 1.49. The molecule has 0 radical (unpaired) electrons. The highest BCUT2D eigenvalue weighted by molar-refractivity contribution is 6.00. The van der Waals surface area contributed by atoms with Gasteiger partial charge in [-0.25, -0.2) is 0 Å². The molecule has 2 fully saturated rings. The Morgan fingerprint density at radius 3 is 2.30 bits per heavy atom. The lowest BCUT2D eigenvalue weighted by Crippen LogP contribution is -2.46. The zero-order valence-electron chi connectivity index (χ0n) is 24.3. The van der Waals surface area contributed by atoms with Gasteiger partial charge >= 0.3 is 0 Å². The second-order valence-corrected chi connectivity index (χ2v) is 11.8. The van der Waals surface area contributed by atoms with Crippen LogP contribution in [0, 0.1) is 5.41 Å². The van der Waals surface area contributed by atoms with Crippen LogP contribution in [0.25, 0.3) is 0 Å². The molecule has 0 saturated carbocycles. The van der Waals surface area contributed by atoms with Gasteiger partial charge in [-0.3, -0.25) is 14.4 Å². The second kappa shape index (κ2) is 13.2. The summed E-state index contributed by atoms with van der Waals surface area (Å²) in [7, 11) is 1.63. The molecule has 2 heterocycles. The number of nitrogens with zero attached hydrogens (tertiary/aromatic N) is 3. The first-order chi connectivity index (χ1) is 19.1. The molecule has 2 saturated heterocycles. The summed E-state index contributed by atoms with van der Waals surface area (Å²) in [6, 6.07) is 13.2. The van der Waals surface area contributed by atoms with Gasteiger partial charge in [-0.1, -0.05) is 32.9 Å². The van der Waals surface area contributed by atoms with Gasteiger partial charge in [0, 0.05) is 64.3 Å². The van der Waals surface area contributed by atoms with E-state index in [4.69, 9.17) is 4.74 Å². The van der Waals surface area contributed by atoms with E-state index in [1.54, 1.807) is 7.11 Å². The standard InChI is InChI=1S/C31H43N5O4/c1-31(2,3)22-28(37)33-26-21-24(30(39)36-16-12-32-13-17-36)8-11-27(26)34-14-5-15-35(19-18-34)29(38)20-23-6-9-25(40-4)10-7-23/h6-11,21,32H,5,12-20,22H2,1-4H3,(H,33,37). The van der Waals surface area contributed by atoms with Gasteiger partial charge < -0.3 is 30.1 Å². The summed E-state index contributed by atoms with van der Waals surface area (Å²) < 4.78 is 5.22. The minimum absolute atomic E-state index is 0.0226. The summed E-state index contributed by atoms with van der Waals surface area (Å²) in [5.41, 5.74) is 2.89. The number of nitrogens with one attached hydrogen (secondary N) is 2. The molecule has 0 spiro atoms. The van der Waals surface area contributed by atoms with Crippen LogP contribution in [0.4, 0.5) is 11.4 Å². The maximum Gasteiger partial charge on any atom is 0.254 e. The van der Waals surface area contributed by atoms with Crippen molar-refractivity contribution in [1.82, 2.24) is 15.1 Å². The number of piperazine rings is 1. The molecule has 0 atom stereocenters. The molecular weight excluding hydrogens is 506 g/mol. The molecule has 2 aliphatic heterocycles. The zero-order valence-corrected chi connectivity index (χ0v) is 24.3. The smallest absolute Gasteiger partial charge is 0.254 e. The lowest BCUT2D eigenvalue weighted by atomic mass is 9.92. The third-order valence-corrected chi connectivity index (χ3v) is 7.32. The summed E-state index contributed by atoms with van der Waals surface area (Å²) >= 11 is 0. The van der Waals surface area contributed by atoms with Crippen LogP contribution in [0.15, 0.2) is 42.5 Å². The number of hydrogen-bond donors (Lipinski definition) is 2. The quantitative estimate of drug-likeness (QED) is 0.550. The van der Waals surface area contributed by atoms with Crippen LogP contribution in [-0.4, -0.2) is 87.0 Å². The van der Waals surface area contributed by atoms with Gasteiger partial charge in [0.25, 0.3) is 5.91 Å². The van der Waals surface area contributed by atoms with Crippen molar-refractivity contribution >= 4 is 29.1 Å². The molecule has 40 heavy (non-hydrogen) atoms. The third-order valence-electron chi connectivity index (χ3n) is 7.32. The molecule has 0 bridgehead atoms. The van der Waals surface area contributed by atoms with Gasteiger partial charge in [-0.2, -0.15) is 0 Å². The highest BCUT2D eigenvalue weighted by atomic mass is 16.5. The summed E-state index contributed by atoms with van der Waals surface area (Å²) in [6.45, 7) is 11.6. The molecule has 4 rings (SSSR count). The van der Waals surface area contributed by atoms with Crippen LogP contribution >= 0.6 is 0 Å². The minimum Gasteiger partial charge on any atom is -0.497 e.